The van der Waals surface area contributed by atoms with Gasteiger partial charge in [-0.3, -0.25) is 14.8 Å². The summed E-state index contributed by atoms with van der Waals surface area (Å²) in [7, 11) is 0. The van der Waals surface area contributed by atoms with Gasteiger partial charge in [0, 0.05) is 17.8 Å². The van der Waals surface area contributed by atoms with Crippen LogP contribution in [-0.4, -0.2) is 45.7 Å². The van der Waals surface area contributed by atoms with E-state index < -0.39 is 0 Å². The molecule has 0 unspecified atom stereocenters. The molecule has 1 amide bonds. The Hall–Kier alpha value is -1.36. The number of hydrogen-bond donors (Lipinski definition) is 2. The largest absolute Gasteiger partial charge is 0.352 e. The van der Waals surface area contributed by atoms with Gasteiger partial charge in [0.25, 0.3) is 0 Å². The third-order valence-corrected chi connectivity index (χ3v) is 6.00. The number of aromatic nitrogens is 2. The Kier molecular flexibility index (Phi) is 4.38. The van der Waals surface area contributed by atoms with E-state index >= 15 is 0 Å². The van der Waals surface area contributed by atoms with Crippen molar-refractivity contribution < 1.29 is 4.79 Å². The lowest BCUT2D eigenvalue weighted by molar-refractivity contribution is -0.129. The Balaban J connectivity index is 1.39. The summed E-state index contributed by atoms with van der Waals surface area (Å²) in [5.41, 5.74) is 2.53. The SMILES string of the molecule is O=C(N[C@@H]1CCc2[nH]ncc2C1)[C@@H]1CCCCN1C1CCCC1. The van der Waals surface area contributed by atoms with Gasteiger partial charge in [-0.1, -0.05) is 19.3 Å². The molecule has 2 N–H and O–H groups in total. The number of rotatable bonds is 3. The third kappa shape index (κ3) is 3.16. The van der Waals surface area contributed by atoms with E-state index in [1.807, 2.05) is 6.20 Å². The molecule has 1 saturated carbocycles. The highest BCUT2D eigenvalue weighted by atomic mass is 16.2. The van der Waals surface area contributed by atoms with Gasteiger partial charge in [-0.25, -0.2) is 0 Å². The van der Waals surface area contributed by atoms with E-state index in [2.05, 4.69) is 20.4 Å². The monoisotopic (exact) mass is 316 g/mol. The number of fused-ring (bicyclic) bond motifs is 1. The van der Waals surface area contributed by atoms with Crippen molar-refractivity contribution in [2.45, 2.75) is 82.3 Å². The van der Waals surface area contributed by atoms with Crippen molar-refractivity contribution in [2.75, 3.05) is 6.54 Å². The fourth-order valence-electron chi connectivity index (χ4n) is 4.75. The predicted molar refractivity (Wildman–Crippen MR) is 89.1 cm³/mol. The van der Waals surface area contributed by atoms with Crippen molar-refractivity contribution in [1.82, 2.24) is 20.4 Å². The Morgan fingerprint density at radius 1 is 1.17 bits per heavy atom. The molecule has 2 aliphatic carbocycles. The number of carbonyl (C=O) groups excluding carboxylic acids is 1. The van der Waals surface area contributed by atoms with Gasteiger partial charge in [0.1, 0.15) is 0 Å². The zero-order valence-corrected chi connectivity index (χ0v) is 13.9. The van der Waals surface area contributed by atoms with Crippen LogP contribution in [-0.2, 0) is 17.6 Å². The maximum absolute atomic E-state index is 12.9. The summed E-state index contributed by atoms with van der Waals surface area (Å²) in [4.78, 5) is 15.4. The normalized spacial score (nSPS) is 29.4. The molecule has 0 spiro atoms. The summed E-state index contributed by atoms with van der Waals surface area (Å²) in [6, 6.07) is 1.04. The molecule has 1 aromatic rings. The summed E-state index contributed by atoms with van der Waals surface area (Å²) >= 11 is 0. The quantitative estimate of drug-likeness (QED) is 0.898. The van der Waals surface area contributed by atoms with Gasteiger partial charge in [-0.05, 0) is 57.1 Å². The maximum Gasteiger partial charge on any atom is 0.237 e. The Morgan fingerprint density at radius 3 is 2.87 bits per heavy atom. The highest BCUT2D eigenvalue weighted by Crippen LogP contribution is 2.29. The summed E-state index contributed by atoms with van der Waals surface area (Å²) in [6.45, 7) is 1.11. The first-order valence-corrected chi connectivity index (χ1v) is 9.38. The second-order valence-corrected chi connectivity index (χ2v) is 7.51. The molecule has 0 bridgehead atoms. The standard InChI is InChI=1S/C18H28N4O/c23-18(20-14-8-9-16-13(11-14)12-19-21-16)17-7-3-4-10-22(17)15-5-1-2-6-15/h12,14-15,17H,1-11H2,(H,19,21)(H,20,23)/t14-,17+/m1/s1. The second-order valence-electron chi connectivity index (χ2n) is 7.51. The maximum atomic E-state index is 12.9. The minimum Gasteiger partial charge on any atom is -0.352 e. The van der Waals surface area contributed by atoms with E-state index in [1.54, 1.807) is 0 Å². The van der Waals surface area contributed by atoms with Crippen molar-refractivity contribution in [1.29, 1.82) is 0 Å². The lowest BCUT2D eigenvalue weighted by Gasteiger charge is -2.39. The van der Waals surface area contributed by atoms with Gasteiger partial charge in [0.2, 0.25) is 5.91 Å². The molecule has 2 atom stereocenters. The number of hydrogen-bond acceptors (Lipinski definition) is 3. The van der Waals surface area contributed by atoms with Gasteiger partial charge >= 0.3 is 0 Å². The predicted octanol–water partition coefficient (Wildman–Crippen LogP) is 2.18. The molecule has 0 radical (unpaired) electrons. The van der Waals surface area contributed by atoms with Gasteiger partial charge in [0.05, 0.1) is 12.2 Å². The molecule has 5 heteroatoms. The van der Waals surface area contributed by atoms with Crippen molar-refractivity contribution in [2.24, 2.45) is 0 Å². The first-order chi connectivity index (χ1) is 11.3. The molecule has 1 aromatic heterocycles. The Labute approximate surface area is 138 Å². The van der Waals surface area contributed by atoms with Crippen LogP contribution in [0, 0.1) is 0 Å². The van der Waals surface area contributed by atoms with E-state index in [9.17, 15) is 4.79 Å². The second kappa shape index (κ2) is 6.63. The zero-order chi connectivity index (χ0) is 15.6. The first-order valence-electron chi connectivity index (χ1n) is 9.38. The summed E-state index contributed by atoms with van der Waals surface area (Å²) in [6.07, 6.45) is 13.6. The topological polar surface area (TPSA) is 61.0 Å². The van der Waals surface area contributed by atoms with Crippen molar-refractivity contribution >= 4 is 5.91 Å². The van der Waals surface area contributed by atoms with Crippen LogP contribution in [0.2, 0.25) is 0 Å². The molecule has 2 heterocycles. The van der Waals surface area contributed by atoms with Crippen LogP contribution in [0.25, 0.3) is 0 Å². The van der Waals surface area contributed by atoms with Gasteiger partial charge in [-0.15, -0.1) is 0 Å². The molecule has 1 aliphatic heterocycles. The Bertz CT molecular complexity index is 549. The van der Waals surface area contributed by atoms with E-state index in [1.165, 1.54) is 49.8 Å². The van der Waals surface area contributed by atoms with Crippen molar-refractivity contribution in [3.05, 3.63) is 17.5 Å². The highest BCUT2D eigenvalue weighted by Gasteiger charge is 2.35. The summed E-state index contributed by atoms with van der Waals surface area (Å²) in [5, 5.41) is 10.5. The number of piperidine rings is 1. The fraction of sp³-hybridized carbons (Fsp3) is 0.778. The molecule has 0 aromatic carbocycles. The van der Waals surface area contributed by atoms with Crippen LogP contribution < -0.4 is 5.32 Å². The lowest BCUT2D eigenvalue weighted by atomic mass is 9.92. The summed E-state index contributed by atoms with van der Waals surface area (Å²) < 4.78 is 0. The number of amides is 1. The number of carbonyl (C=O) groups is 1. The van der Waals surface area contributed by atoms with E-state index in [-0.39, 0.29) is 18.0 Å². The van der Waals surface area contributed by atoms with Crippen LogP contribution in [0.5, 0.6) is 0 Å². The number of H-pyrrole nitrogens is 1. The van der Waals surface area contributed by atoms with Gasteiger partial charge in [-0.2, -0.15) is 5.10 Å². The third-order valence-electron chi connectivity index (χ3n) is 6.00. The average molecular weight is 316 g/mol. The number of nitrogens with one attached hydrogen (secondary N) is 2. The average Bonchev–Trinajstić information content (AvgIpc) is 3.26. The molecule has 1 saturated heterocycles. The Morgan fingerprint density at radius 2 is 2.00 bits per heavy atom. The molecule has 126 valence electrons. The molecule has 4 rings (SSSR count). The minimum atomic E-state index is 0.109. The number of nitrogens with zero attached hydrogens (tertiary/aromatic N) is 2. The summed E-state index contributed by atoms with van der Waals surface area (Å²) in [5.74, 6) is 0.272. The number of likely N-dealkylation sites (tertiary alicyclic amines) is 1. The molecule has 3 aliphatic rings. The molecule has 23 heavy (non-hydrogen) atoms. The fourth-order valence-corrected chi connectivity index (χ4v) is 4.75. The van der Waals surface area contributed by atoms with Crippen molar-refractivity contribution in [3.8, 4) is 0 Å². The molecule has 2 fully saturated rings. The highest BCUT2D eigenvalue weighted by molar-refractivity contribution is 5.82. The van der Waals surface area contributed by atoms with E-state index in [0.29, 0.717) is 6.04 Å². The molecule has 5 nitrogen and oxygen atoms in total. The van der Waals surface area contributed by atoms with Crippen LogP contribution >= 0.6 is 0 Å². The van der Waals surface area contributed by atoms with Crippen LogP contribution in [0.1, 0.15) is 62.6 Å². The lowest BCUT2D eigenvalue weighted by Crippen LogP contribution is -2.55. The first kappa shape index (κ1) is 15.2. The number of aromatic amines is 1. The van der Waals surface area contributed by atoms with E-state index in [4.69, 9.17) is 0 Å². The van der Waals surface area contributed by atoms with Crippen molar-refractivity contribution in [3.63, 3.8) is 0 Å². The van der Waals surface area contributed by atoms with Gasteiger partial charge in [0.15, 0.2) is 0 Å². The smallest absolute Gasteiger partial charge is 0.237 e. The van der Waals surface area contributed by atoms with Crippen LogP contribution in [0.3, 0.4) is 0 Å². The minimum absolute atomic E-state index is 0.109. The molecular formula is C18H28N4O. The number of aryl methyl sites for hydroxylation is 1. The zero-order valence-electron chi connectivity index (χ0n) is 13.9. The van der Waals surface area contributed by atoms with E-state index in [0.717, 1.165) is 32.2 Å². The molecular weight excluding hydrogens is 288 g/mol. The van der Waals surface area contributed by atoms with Gasteiger partial charge < -0.3 is 5.32 Å². The van der Waals surface area contributed by atoms with Crippen LogP contribution in [0.15, 0.2) is 6.20 Å². The van der Waals surface area contributed by atoms with Crippen LogP contribution in [0.4, 0.5) is 0 Å².